The van der Waals surface area contributed by atoms with Crippen LogP contribution in [-0.4, -0.2) is 25.0 Å². The second-order valence-electron chi connectivity index (χ2n) is 11.5. The standard InChI is InChI=1S/C31H30F8O2/c1-2-17-3-8-27(40-16-17)20-5-4-19-12-22(7-6-18(19)11-20)31(38,39)41-23-13-21-14-25(32)24(9-10-30(35,36)37)29(34)28(21)26(33)15-23/h2,13-15,17-20,22,27H,1,3-8,11-12,16H2. The summed E-state index contributed by atoms with van der Waals surface area (Å²) in [6.07, 6.45) is -0.809. The van der Waals surface area contributed by atoms with Gasteiger partial charge in [0.15, 0.2) is 5.82 Å². The molecule has 1 aliphatic heterocycles. The smallest absolute Gasteiger partial charge is 0.432 e. The highest BCUT2D eigenvalue weighted by atomic mass is 19.4. The Kier molecular flexibility index (Phi) is 8.30. The first-order chi connectivity index (χ1) is 19.3. The van der Waals surface area contributed by atoms with Crippen LogP contribution in [0.25, 0.3) is 10.8 Å². The van der Waals surface area contributed by atoms with E-state index in [1.165, 1.54) is 5.92 Å². The Labute approximate surface area is 233 Å². The summed E-state index contributed by atoms with van der Waals surface area (Å²) < 4.78 is 123. The summed E-state index contributed by atoms with van der Waals surface area (Å²) in [4.78, 5) is 0. The summed E-state index contributed by atoms with van der Waals surface area (Å²) in [5, 5.41) is -1.34. The van der Waals surface area contributed by atoms with Crippen LogP contribution in [0.1, 0.15) is 56.9 Å². The van der Waals surface area contributed by atoms with Gasteiger partial charge >= 0.3 is 12.3 Å². The van der Waals surface area contributed by atoms with E-state index >= 15 is 8.78 Å². The fraction of sp³-hybridized carbons (Fsp3) is 0.548. The van der Waals surface area contributed by atoms with Crippen LogP contribution in [0.3, 0.4) is 0 Å². The van der Waals surface area contributed by atoms with E-state index in [1.54, 1.807) is 0 Å². The summed E-state index contributed by atoms with van der Waals surface area (Å²) in [6, 6.07) is 1.91. The third-order valence-corrected chi connectivity index (χ3v) is 8.97. The van der Waals surface area contributed by atoms with Crippen molar-refractivity contribution >= 4 is 10.8 Å². The molecule has 1 heterocycles. The molecule has 0 bridgehead atoms. The fourth-order valence-corrected chi connectivity index (χ4v) is 6.85. The molecule has 0 aromatic heterocycles. The van der Waals surface area contributed by atoms with Crippen molar-refractivity contribution in [3.8, 4) is 17.6 Å². The fourth-order valence-electron chi connectivity index (χ4n) is 6.85. The lowest BCUT2D eigenvalue weighted by atomic mass is 9.63. The number of hydrogen-bond acceptors (Lipinski definition) is 2. The lowest BCUT2D eigenvalue weighted by Crippen LogP contribution is -2.43. The third kappa shape index (κ3) is 6.50. The van der Waals surface area contributed by atoms with Crippen molar-refractivity contribution in [2.45, 2.75) is 69.8 Å². The van der Waals surface area contributed by atoms with Gasteiger partial charge in [0, 0.05) is 17.9 Å². The molecule has 6 unspecified atom stereocenters. The molecule has 5 rings (SSSR count). The normalized spacial score (nSPS) is 28.9. The Balaban J connectivity index is 1.26. The average Bonchev–Trinajstić information content (AvgIpc) is 2.91. The van der Waals surface area contributed by atoms with E-state index in [-0.39, 0.29) is 24.9 Å². The SMILES string of the molecule is C=CC1CCC(C2CCC3CC(C(F)(F)Oc4cc(F)c5c(F)c(C#CC(F)(F)F)c(F)cc5c4)CCC3C2)OC1. The third-order valence-electron chi connectivity index (χ3n) is 8.97. The van der Waals surface area contributed by atoms with Gasteiger partial charge < -0.3 is 9.47 Å². The van der Waals surface area contributed by atoms with Crippen LogP contribution in [0.5, 0.6) is 5.75 Å². The summed E-state index contributed by atoms with van der Waals surface area (Å²) in [5.74, 6) is -2.98. The van der Waals surface area contributed by atoms with Crippen molar-refractivity contribution in [2.75, 3.05) is 6.61 Å². The second kappa shape index (κ2) is 11.5. The molecule has 3 fully saturated rings. The molecule has 0 amide bonds. The molecule has 41 heavy (non-hydrogen) atoms. The summed E-state index contributed by atoms with van der Waals surface area (Å²) >= 11 is 0. The number of ether oxygens (including phenoxy) is 2. The number of benzene rings is 2. The van der Waals surface area contributed by atoms with E-state index in [2.05, 4.69) is 6.58 Å². The van der Waals surface area contributed by atoms with Gasteiger partial charge in [-0.05, 0) is 86.6 Å². The van der Waals surface area contributed by atoms with Gasteiger partial charge in [-0.3, -0.25) is 0 Å². The zero-order valence-corrected chi connectivity index (χ0v) is 22.2. The minimum Gasteiger partial charge on any atom is -0.432 e. The number of rotatable bonds is 5. The number of halogens is 8. The predicted molar refractivity (Wildman–Crippen MR) is 137 cm³/mol. The molecule has 6 atom stereocenters. The largest absolute Gasteiger partial charge is 0.458 e. The van der Waals surface area contributed by atoms with Gasteiger partial charge in [-0.15, -0.1) is 6.58 Å². The van der Waals surface area contributed by atoms with Crippen molar-refractivity contribution in [2.24, 2.45) is 29.6 Å². The van der Waals surface area contributed by atoms with E-state index in [1.807, 2.05) is 6.08 Å². The molecule has 0 N–H and O–H groups in total. The maximum Gasteiger partial charge on any atom is 0.458 e. The molecule has 1 saturated heterocycles. The van der Waals surface area contributed by atoms with Gasteiger partial charge in [0.1, 0.15) is 17.4 Å². The molecule has 2 saturated carbocycles. The summed E-state index contributed by atoms with van der Waals surface area (Å²) in [7, 11) is 0. The van der Waals surface area contributed by atoms with Crippen LogP contribution in [0.2, 0.25) is 0 Å². The Morgan fingerprint density at radius 2 is 1.56 bits per heavy atom. The van der Waals surface area contributed by atoms with Gasteiger partial charge in [-0.1, -0.05) is 12.0 Å². The van der Waals surface area contributed by atoms with E-state index in [4.69, 9.17) is 9.47 Å². The number of hydrogen-bond donors (Lipinski definition) is 0. The molecule has 2 aromatic carbocycles. The molecule has 10 heteroatoms. The van der Waals surface area contributed by atoms with Crippen molar-refractivity contribution in [3.05, 3.63) is 53.9 Å². The van der Waals surface area contributed by atoms with Crippen LogP contribution in [0.15, 0.2) is 30.9 Å². The molecule has 3 aliphatic rings. The molecular formula is C31H30F8O2. The Bertz CT molecular complexity index is 1350. The molecule has 2 aliphatic carbocycles. The maximum atomic E-state index is 15.3. The second-order valence-corrected chi connectivity index (χ2v) is 11.5. The Hall–Kier alpha value is -2.80. The monoisotopic (exact) mass is 586 g/mol. The van der Waals surface area contributed by atoms with Gasteiger partial charge in [0.2, 0.25) is 0 Å². The van der Waals surface area contributed by atoms with Crippen molar-refractivity contribution in [1.29, 1.82) is 0 Å². The molecular weight excluding hydrogens is 556 g/mol. The number of fused-ring (bicyclic) bond motifs is 2. The lowest BCUT2D eigenvalue weighted by molar-refractivity contribution is -0.229. The van der Waals surface area contributed by atoms with E-state index in [9.17, 15) is 26.3 Å². The Morgan fingerprint density at radius 1 is 0.854 bits per heavy atom. The van der Waals surface area contributed by atoms with E-state index in [0.717, 1.165) is 44.1 Å². The minimum absolute atomic E-state index is 0.108. The maximum absolute atomic E-state index is 15.3. The zero-order valence-electron chi connectivity index (χ0n) is 22.2. The molecule has 222 valence electrons. The quantitative estimate of drug-likeness (QED) is 0.198. The number of alkyl halides is 5. The average molecular weight is 587 g/mol. The Morgan fingerprint density at radius 3 is 2.24 bits per heavy atom. The highest BCUT2D eigenvalue weighted by molar-refractivity contribution is 5.87. The molecule has 0 radical (unpaired) electrons. The van der Waals surface area contributed by atoms with Crippen molar-refractivity contribution in [3.63, 3.8) is 0 Å². The molecule has 0 spiro atoms. The zero-order chi connectivity index (χ0) is 29.5. The van der Waals surface area contributed by atoms with Crippen LogP contribution in [0.4, 0.5) is 35.1 Å². The molecule has 2 aromatic rings. The first-order valence-electron chi connectivity index (χ1n) is 13.9. The van der Waals surface area contributed by atoms with Crippen LogP contribution < -0.4 is 4.74 Å². The van der Waals surface area contributed by atoms with Crippen LogP contribution in [-0.2, 0) is 4.74 Å². The van der Waals surface area contributed by atoms with Gasteiger partial charge in [-0.25, -0.2) is 13.2 Å². The summed E-state index contributed by atoms with van der Waals surface area (Å²) in [6.45, 7) is 4.51. The van der Waals surface area contributed by atoms with Gasteiger partial charge in [0.05, 0.1) is 29.6 Å². The summed E-state index contributed by atoms with van der Waals surface area (Å²) in [5.41, 5.74) is -1.27. The van der Waals surface area contributed by atoms with Gasteiger partial charge in [0.25, 0.3) is 0 Å². The van der Waals surface area contributed by atoms with E-state index < -0.39 is 57.7 Å². The molecule has 2 nitrogen and oxygen atoms in total. The topological polar surface area (TPSA) is 18.5 Å². The minimum atomic E-state index is -5.02. The highest BCUT2D eigenvalue weighted by Gasteiger charge is 2.48. The van der Waals surface area contributed by atoms with Crippen LogP contribution in [0, 0.1) is 58.9 Å². The predicted octanol–water partition coefficient (Wildman–Crippen LogP) is 8.96. The lowest BCUT2D eigenvalue weighted by Gasteiger charge is -2.45. The first-order valence-corrected chi connectivity index (χ1v) is 13.9. The van der Waals surface area contributed by atoms with E-state index in [0.29, 0.717) is 42.9 Å². The first kappa shape index (κ1) is 29.7. The van der Waals surface area contributed by atoms with Gasteiger partial charge in [-0.2, -0.15) is 22.0 Å². The van der Waals surface area contributed by atoms with Crippen molar-refractivity contribution < 1.29 is 44.6 Å². The van der Waals surface area contributed by atoms with Crippen molar-refractivity contribution in [1.82, 2.24) is 0 Å². The van der Waals surface area contributed by atoms with Crippen LogP contribution >= 0.6 is 0 Å². The highest BCUT2D eigenvalue weighted by Crippen LogP contribution is 2.50.